The van der Waals surface area contributed by atoms with Gasteiger partial charge in [0.25, 0.3) is 5.91 Å². The fourth-order valence-electron chi connectivity index (χ4n) is 1.47. The number of carbonyl (C=O) groups excluding carboxylic acids is 1. The molecule has 0 saturated heterocycles. The minimum atomic E-state index is -0.478. The summed E-state index contributed by atoms with van der Waals surface area (Å²) < 4.78 is 13.0. The Labute approximate surface area is 118 Å². The number of thiazole rings is 1. The van der Waals surface area contributed by atoms with E-state index in [1.807, 2.05) is 0 Å². The lowest BCUT2D eigenvalue weighted by Crippen LogP contribution is -2.17. The molecule has 1 aromatic heterocycles. The SMILES string of the molecule is CNC(=O)c1sc(Nc2ccc(F)c(Cl)c2)nc1C. The van der Waals surface area contributed by atoms with Gasteiger partial charge in [-0.05, 0) is 25.1 Å². The van der Waals surface area contributed by atoms with Crippen molar-refractivity contribution >= 4 is 39.7 Å². The number of halogens is 2. The Kier molecular flexibility index (Phi) is 4.01. The Balaban J connectivity index is 2.24. The Morgan fingerprint density at radius 3 is 2.84 bits per heavy atom. The van der Waals surface area contributed by atoms with Gasteiger partial charge in [-0.1, -0.05) is 22.9 Å². The van der Waals surface area contributed by atoms with Crippen LogP contribution >= 0.6 is 22.9 Å². The van der Waals surface area contributed by atoms with Crippen LogP contribution in [0.3, 0.4) is 0 Å². The van der Waals surface area contributed by atoms with Crippen molar-refractivity contribution < 1.29 is 9.18 Å². The normalized spacial score (nSPS) is 10.3. The van der Waals surface area contributed by atoms with Gasteiger partial charge in [0.05, 0.1) is 10.7 Å². The number of carbonyl (C=O) groups is 1. The summed E-state index contributed by atoms with van der Waals surface area (Å²) in [4.78, 5) is 16.3. The van der Waals surface area contributed by atoms with E-state index in [0.29, 0.717) is 21.4 Å². The molecule has 7 heteroatoms. The highest BCUT2D eigenvalue weighted by atomic mass is 35.5. The van der Waals surface area contributed by atoms with E-state index in [2.05, 4.69) is 15.6 Å². The van der Waals surface area contributed by atoms with Crippen LogP contribution in [0.2, 0.25) is 5.02 Å². The summed E-state index contributed by atoms with van der Waals surface area (Å²) in [5.74, 6) is -0.659. The van der Waals surface area contributed by atoms with Crippen LogP contribution in [0.25, 0.3) is 0 Å². The van der Waals surface area contributed by atoms with Crippen LogP contribution in [0.4, 0.5) is 15.2 Å². The molecule has 0 aliphatic carbocycles. The molecule has 0 aliphatic rings. The molecule has 1 heterocycles. The molecule has 0 aliphatic heterocycles. The van der Waals surface area contributed by atoms with Gasteiger partial charge in [0.15, 0.2) is 5.13 Å². The number of aromatic nitrogens is 1. The quantitative estimate of drug-likeness (QED) is 0.914. The standard InChI is InChI=1S/C12H11ClFN3OS/c1-6-10(11(18)15-2)19-12(16-6)17-7-3-4-9(14)8(13)5-7/h3-5H,1-2H3,(H,15,18)(H,16,17). The van der Waals surface area contributed by atoms with Crippen molar-refractivity contribution in [3.63, 3.8) is 0 Å². The summed E-state index contributed by atoms with van der Waals surface area (Å²) >= 11 is 6.92. The summed E-state index contributed by atoms with van der Waals surface area (Å²) in [7, 11) is 1.56. The summed E-state index contributed by atoms with van der Waals surface area (Å²) in [5.41, 5.74) is 1.25. The Bertz CT molecular complexity index is 629. The minimum absolute atomic E-state index is 0.0322. The maximum Gasteiger partial charge on any atom is 0.263 e. The minimum Gasteiger partial charge on any atom is -0.354 e. The third-order valence-electron chi connectivity index (χ3n) is 2.40. The molecule has 0 spiro atoms. The topological polar surface area (TPSA) is 54.0 Å². The van der Waals surface area contributed by atoms with E-state index in [0.717, 1.165) is 0 Å². The van der Waals surface area contributed by atoms with Crippen molar-refractivity contribution in [1.29, 1.82) is 0 Å². The smallest absolute Gasteiger partial charge is 0.263 e. The van der Waals surface area contributed by atoms with E-state index in [1.54, 1.807) is 20.0 Å². The number of rotatable bonds is 3. The predicted molar refractivity (Wildman–Crippen MR) is 74.9 cm³/mol. The number of amides is 1. The van der Waals surface area contributed by atoms with Crippen molar-refractivity contribution in [2.75, 3.05) is 12.4 Å². The number of aryl methyl sites for hydroxylation is 1. The largest absolute Gasteiger partial charge is 0.354 e. The second kappa shape index (κ2) is 5.54. The number of nitrogens with one attached hydrogen (secondary N) is 2. The summed E-state index contributed by atoms with van der Waals surface area (Å²) in [6.07, 6.45) is 0. The molecule has 2 aromatic rings. The van der Waals surface area contributed by atoms with E-state index in [1.165, 1.54) is 23.5 Å². The highest BCUT2D eigenvalue weighted by Gasteiger charge is 2.14. The third-order valence-corrected chi connectivity index (χ3v) is 3.76. The second-order valence-corrected chi connectivity index (χ2v) is 5.17. The van der Waals surface area contributed by atoms with Gasteiger partial charge in [0.1, 0.15) is 10.7 Å². The first-order valence-electron chi connectivity index (χ1n) is 5.43. The summed E-state index contributed by atoms with van der Waals surface area (Å²) in [6.45, 7) is 1.75. The maximum atomic E-state index is 13.0. The molecule has 2 rings (SSSR count). The van der Waals surface area contributed by atoms with E-state index < -0.39 is 5.82 Å². The molecular weight excluding hydrogens is 289 g/mol. The molecule has 2 N–H and O–H groups in total. The highest BCUT2D eigenvalue weighted by molar-refractivity contribution is 7.17. The highest BCUT2D eigenvalue weighted by Crippen LogP contribution is 2.27. The molecule has 19 heavy (non-hydrogen) atoms. The molecule has 4 nitrogen and oxygen atoms in total. The van der Waals surface area contributed by atoms with Crippen LogP contribution in [0.5, 0.6) is 0 Å². The Morgan fingerprint density at radius 1 is 1.47 bits per heavy atom. The van der Waals surface area contributed by atoms with Gasteiger partial charge >= 0.3 is 0 Å². The predicted octanol–water partition coefficient (Wildman–Crippen LogP) is 3.35. The van der Waals surface area contributed by atoms with Crippen molar-refractivity contribution in [2.24, 2.45) is 0 Å². The van der Waals surface area contributed by atoms with Crippen LogP contribution in [0.15, 0.2) is 18.2 Å². The molecule has 0 saturated carbocycles. The lowest BCUT2D eigenvalue weighted by molar-refractivity contribution is 0.0966. The van der Waals surface area contributed by atoms with Gasteiger partial charge in [-0.15, -0.1) is 0 Å². The number of hydrogen-bond donors (Lipinski definition) is 2. The average molecular weight is 300 g/mol. The lowest BCUT2D eigenvalue weighted by Gasteiger charge is -2.03. The Hall–Kier alpha value is -1.66. The molecule has 0 fully saturated rings. The number of anilines is 2. The first-order chi connectivity index (χ1) is 9.01. The molecule has 1 aromatic carbocycles. The van der Waals surface area contributed by atoms with Crippen molar-refractivity contribution in [1.82, 2.24) is 10.3 Å². The zero-order valence-corrected chi connectivity index (χ0v) is 11.8. The first kappa shape index (κ1) is 13.8. The molecule has 0 unspecified atom stereocenters. The molecule has 1 amide bonds. The fourth-order valence-corrected chi connectivity index (χ4v) is 2.58. The maximum absolute atomic E-state index is 13.0. The van der Waals surface area contributed by atoms with Crippen LogP contribution in [0.1, 0.15) is 15.4 Å². The second-order valence-electron chi connectivity index (χ2n) is 3.77. The van der Waals surface area contributed by atoms with Crippen molar-refractivity contribution in [3.8, 4) is 0 Å². The van der Waals surface area contributed by atoms with E-state index in [-0.39, 0.29) is 10.9 Å². The molecule has 100 valence electrons. The van der Waals surface area contributed by atoms with Gasteiger partial charge < -0.3 is 10.6 Å². The molecule has 0 atom stereocenters. The van der Waals surface area contributed by atoms with Gasteiger partial charge in [-0.2, -0.15) is 0 Å². The monoisotopic (exact) mass is 299 g/mol. The van der Waals surface area contributed by atoms with Crippen LogP contribution < -0.4 is 10.6 Å². The number of benzene rings is 1. The molecule has 0 bridgehead atoms. The number of hydrogen-bond acceptors (Lipinski definition) is 4. The fraction of sp³-hybridized carbons (Fsp3) is 0.167. The van der Waals surface area contributed by atoms with Crippen LogP contribution in [-0.2, 0) is 0 Å². The van der Waals surface area contributed by atoms with E-state index >= 15 is 0 Å². The molecular formula is C12H11ClFN3OS. The van der Waals surface area contributed by atoms with E-state index in [9.17, 15) is 9.18 Å². The van der Waals surface area contributed by atoms with Gasteiger partial charge in [-0.25, -0.2) is 9.37 Å². The van der Waals surface area contributed by atoms with Gasteiger partial charge in [0, 0.05) is 12.7 Å². The zero-order chi connectivity index (χ0) is 14.0. The Morgan fingerprint density at radius 2 is 2.21 bits per heavy atom. The van der Waals surface area contributed by atoms with Gasteiger partial charge in [0.2, 0.25) is 0 Å². The van der Waals surface area contributed by atoms with E-state index in [4.69, 9.17) is 11.6 Å². The van der Waals surface area contributed by atoms with Crippen LogP contribution in [0, 0.1) is 12.7 Å². The number of nitrogens with zero attached hydrogens (tertiary/aromatic N) is 1. The summed E-state index contributed by atoms with van der Waals surface area (Å²) in [6, 6.07) is 4.29. The zero-order valence-electron chi connectivity index (χ0n) is 10.3. The molecule has 0 radical (unpaired) electrons. The summed E-state index contributed by atoms with van der Waals surface area (Å²) in [5, 5.41) is 6.12. The third kappa shape index (κ3) is 3.02. The first-order valence-corrected chi connectivity index (χ1v) is 6.62. The lowest BCUT2D eigenvalue weighted by atomic mass is 10.3. The van der Waals surface area contributed by atoms with Crippen molar-refractivity contribution in [3.05, 3.63) is 39.6 Å². The average Bonchev–Trinajstić information content (AvgIpc) is 2.74. The van der Waals surface area contributed by atoms with Gasteiger partial charge in [-0.3, -0.25) is 4.79 Å². The van der Waals surface area contributed by atoms with Crippen LogP contribution in [-0.4, -0.2) is 17.9 Å². The van der Waals surface area contributed by atoms with Crippen molar-refractivity contribution in [2.45, 2.75) is 6.92 Å².